The monoisotopic (exact) mass is 483 g/mol. The molecule has 5 rings (SSSR count). The van der Waals surface area contributed by atoms with E-state index in [2.05, 4.69) is 35.1 Å². The summed E-state index contributed by atoms with van der Waals surface area (Å²) in [5.74, 6) is 1.43. The molecular weight excluding hydrogens is 457 g/mol. The number of H-pyrrole nitrogens is 1. The molecule has 0 spiro atoms. The number of benzene rings is 1. The van der Waals surface area contributed by atoms with E-state index in [9.17, 15) is 4.39 Å². The van der Waals surface area contributed by atoms with Gasteiger partial charge < -0.3 is 9.42 Å². The topological polar surface area (TPSA) is 87.0 Å². The molecule has 1 atom stereocenters. The van der Waals surface area contributed by atoms with E-state index in [4.69, 9.17) is 4.52 Å². The molecule has 4 heterocycles. The van der Waals surface area contributed by atoms with Gasteiger partial charge in [0.1, 0.15) is 17.3 Å². The zero-order valence-corrected chi connectivity index (χ0v) is 19.9. The van der Waals surface area contributed by atoms with Crippen LogP contribution in [-0.4, -0.2) is 56.4 Å². The molecule has 1 aliphatic heterocycles. The molecule has 4 aromatic rings. The summed E-state index contributed by atoms with van der Waals surface area (Å²) < 4.78 is 18.8. The second kappa shape index (κ2) is 10.3. The van der Waals surface area contributed by atoms with Crippen LogP contribution in [0.25, 0.3) is 11.3 Å². The average Bonchev–Trinajstić information content (AvgIpc) is 3.49. The SMILES string of the molecule is Cc1noc(C)c1CC(c1cn[nH]c1)N1CCN(c2nccnc2-c2ccc(F)cc2)CC1.Cl. The molecule has 1 aromatic carbocycles. The maximum atomic E-state index is 13.4. The average molecular weight is 484 g/mol. The number of anilines is 1. The standard InChI is InChI=1S/C24H26FN7O.ClH/c1-16-21(17(2)33-30-16)13-22(19-14-28-29-15-19)31-9-11-32(12-10-31)24-23(26-7-8-27-24)18-3-5-20(25)6-4-18;/h3-8,14-15,22H,9-13H2,1-2H3,(H,28,29);1H. The van der Waals surface area contributed by atoms with E-state index in [1.807, 2.05) is 26.2 Å². The smallest absolute Gasteiger partial charge is 0.155 e. The van der Waals surface area contributed by atoms with Crippen LogP contribution in [0, 0.1) is 19.7 Å². The van der Waals surface area contributed by atoms with Crippen molar-refractivity contribution in [3.05, 3.63) is 77.5 Å². The van der Waals surface area contributed by atoms with E-state index >= 15 is 0 Å². The highest BCUT2D eigenvalue weighted by molar-refractivity contribution is 5.85. The van der Waals surface area contributed by atoms with E-state index in [0.29, 0.717) is 0 Å². The number of hydrogen-bond acceptors (Lipinski definition) is 7. The third kappa shape index (κ3) is 4.80. The van der Waals surface area contributed by atoms with Crippen molar-refractivity contribution in [2.24, 2.45) is 0 Å². The predicted molar refractivity (Wildman–Crippen MR) is 129 cm³/mol. The molecule has 0 saturated carbocycles. The first-order valence-electron chi connectivity index (χ1n) is 11.1. The molecular formula is C24H27ClFN7O. The third-order valence-corrected chi connectivity index (χ3v) is 6.33. The van der Waals surface area contributed by atoms with Gasteiger partial charge in [-0.2, -0.15) is 5.10 Å². The molecule has 10 heteroatoms. The number of aromatic nitrogens is 5. The van der Waals surface area contributed by atoms with Gasteiger partial charge in [0.15, 0.2) is 5.82 Å². The lowest BCUT2D eigenvalue weighted by Crippen LogP contribution is -2.48. The Hall–Kier alpha value is -3.30. The molecule has 1 aliphatic rings. The van der Waals surface area contributed by atoms with Crippen LogP contribution in [-0.2, 0) is 6.42 Å². The van der Waals surface area contributed by atoms with Crippen molar-refractivity contribution in [3.63, 3.8) is 0 Å². The Morgan fingerprint density at radius 2 is 1.79 bits per heavy atom. The van der Waals surface area contributed by atoms with Crippen LogP contribution < -0.4 is 4.90 Å². The van der Waals surface area contributed by atoms with Gasteiger partial charge in [0.05, 0.1) is 11.9 Å². The Bertz CT molecular complexity index is 1190. The lowest BCUT2D eigenvalue weighted by Gasteiger charge is -2.40. The van der Waals surface area contributed by atoms with E-state index in [-0.39, 0.29) is 24.3 Å². The fourth-order valence-corrected chi connectivity index (χ4v) is 4.51. The fraction of sp³-hybridized carbons (Fsp3) is 0.333. The molecule has 8 nitrogen and oxygen atoms in total. The van der Waals surface area contributed by atoms with Crippen molar-refractivity contribution in [2.75, 3.05) is 31.1 Å². The van der Waals surface area contributed by atoms with Crippen LogP contribution in [0.2, 0.25) is 0 Å². The van der Waals surface area contributed by atoms with E-state index < -0.39 is 0 Å². The summed E-state index contributed by atoms with van der Waals surface area (Å²) in [6.45, 7) is 7.29. The van der Waals surface area contributed by atoms with Crippen LogP contribution in [0.3, 0.4) is 0 Å². The number of nitrogens with one attached hydrogen (secondary N) is 1. The summed E-state index contributed by atoms with van der Waals surface area (Å²) in [6.07, 6.45) is 8.05. The number of rotatable bonds is 6. The van der Waals surface area contributed by atoms with E-state index in [1.54, 1.807) is 24.5 Å². The highest BCUT2D eigenvalue weighted by Crippen LogP contribution is 2.31. The summed E-state index contributed by atoms with van der Waals surface area (Å²) in [5, 5.41) is 11.3. The van der Waals surface area contributed by atoms with Crippen molar-refractivity contribution in [1.82, 2.24) is 30.2 Å². The minimum Gasteiger partial charge on any atom is -0.361 e. The van der Waals surface area contributed by atoms with E-state index in [0.717, 1.165) is 72.3 Å². The largest absolute Gasteiger partial charge is 0.361 e. The number of halogens is 2. The van der Waals surface area contributed by atoms with Gasteiger partial charge in [0.2, 0.25) is 0 Å². The molecule has 178 valence electrons. The molecule has 0 amide bonds. The molecule has 34 heavy (non-hydrogen) atoms. The van der Waals surface area contributed by atoms with Gasteiger partial charge in [-0.05, 0) is 44.5 Å². The highest BCUT2D eigenvalue weighted by Gasteiger charge is 2.29. The summed E-state index contributed by atoms with van der Waals surface area (Å²) >= 11 is 0. The Morgan fingerprint density at radius 3 is 2.44 bits per heavy atom. The maximum absolute atomic E-state index is 13.4. The third-order valence-electron chi connectivity index (χ3n) is 6.33. The van der Waals surface area contributed by atoms with Gasteiger partial charge in [0, 0.05) is 67.5 Å². The molecule has 0 radical (unpaired) electrons. The van der Waals surface area contributed by atoms with Gasteiger partial charge in [0.25, 0.3) is 0 Å². The maximum Gasteiger partial charge on any atom is 0.155 e. The van der Waals surface area contributed by atoms with Crippen molar-refractivity contribution in [1.29, 1.82) is 0 Å². The van der Waals surface area contributed by atoms with Crippen molar-refractivity contribution in [3.8, 4) is 11.3 Å². The van der Waals surface area contributed by atoms with Crippen LogP contribution in [0.5, 0.6) is 0 Å². The lowest BCUT2D eigenvalue weighted by molar-refractivity contribution is 0.183. The molecule has 1 N–H and O–H groups in total. The van der Waals surface area contributed by atoms with Crippen molar-refractivity contribution in [2.45, 2.75) is 26.3 Å². The van der Waals surface area contributed by atoms with Crippen LogP contribution in [0.15, 0.2) is 53.6 Å². The minimum absolute atomic E-state index is 0. The van der Waals surface area contributed by atoms with Crippen molar-refractivity contribution < 1.29 is 8.91 Å². The zero-order valence-electron chi connectivity index (χ0n) is 19.1. The first kappa shape index (κ1) is 23.8. The normalized spacial score (nSPS) is 15.2. The molecule has 0 aliphatic carbocycles. The zero-order chi connectivity index (χ0) is 22.8. The Kier molecular flexibility index (Phi) is 7.23. The van der Waals surface area contributed by atoms with Gasteiger partial charge in [-0.1, -0.05) is 5.16 Å². The van der Waals surface area contributed by atoms with Crippen LogP contribution in [0.1, 0.15) is 28.6 Å². The summed E-state index contributed by atoms with van der Waals surface area (Å²) in [7, 11) is 0. The fourth-order valence-electron chi connectivity index (χ4n) is 4.51. The minimum atomic E-state index is -0.263. The predicted octanol–water partition coefficient (Wildman–Crippen LogP) is 4.14. The number of piperazine rings is 1. The Balaban J connectivity index is 0.00000274. The first-order valence-corrected chi connectivity index (χ1v) is 11.1. The molecule has 3 aromatic heterocycles. The van der Waals surface area contributed by atoms with Gasteiger partial charge in [-0.3, -0.25) is 15.0 Å². The van der Waals surface area contributed by atoms with Gasteiger partial charge >= 0.3 is 0 Å². The summed E-state index contributed by atoms with van der Waals surface area (Å²) in [4.78, 5) is 13.9. The molecule has 1 saturated heterocycles. The summed E-state index contributed by atoms with van der Waals surface area (Å²) in [5.41, 5.74) is 4.86. The second-order valence-corrected chi connectivity index (χ2v) is 8.31. The second-order valence-electron chi connectivity index (χ2n) is 8.31. The van der Waals surface area contributed by atoms with E-state index in [1.165, 1.54) is 12.1 Å². The lowest BCUT2D eigenvalue weighted by atomic mass is 9.98. The summed E-state index contributed by atoms with van der Waals surface area (Å²) in [6, 6.07) is 6.57. The molecule has 1 unspecified atom stereocenters. The first-order chi connectivity index (χ1) is 16.1. The molecule has 0 bridgehead atoms. The number of aryl methyl sites for hydroxylation is 2. The Labute approximate surface area is 203 Å². The molecule has 1 fully saturated rings. The quantitative estimate of drug-likeness (QED) is 0.441. The highest BCUT2D eigenvalue weighted by atomic mass is 35.5. The van der Waals surface area contributed by atoms with Gasteiger partial charge in [-0.15, -0.1) is 12.4 Å². The van der Waals surface area contributed by atoms with Crippen LogP contribution in [0.4, 0.5) is 10.2 Å². The number of aromatic amines is 1. The van der Waals surface area contributed by atoms with Crippen LogP contribution >= 0.6 is 12.4 Å². The Morgan fingerprint density at radius 1 is 1.06 bits per heavy atom. The number of nitrogens with zero attached hydrogens (tertiary/aromatic N) is 6. The van der Waals surface area contributed by atoms with Crippen molar-refractivity contribution >= 4 is 18.2 Å². The van der Waals surface area contributed by atoms with Gasteiger partial charge in [-0.25, -0.2) is 9.37 Å². The number of hydrogen-bond donors (Lipinski definition) is 1.